The number of hydrogen-bond donors (Lipinski definition) is 0. The van der Waals surface area contributed by atoms with Crippen molar-refractivity contribution in [2.24, 2.45) is 0 Å². The molecule has 0 N–H and O–H groups in total. The van der Waals surface area contributed by atoms with E-state index in [4.69, 9.17) is 39.5 Å². The molecule has 0 unspecified atom stereocenters. The quantitative estimate of drug-likeness (QED) is 0.264. The first-order chi connectivity index (χ1) is 8.24. The van der Waals surface area contributed by atoms with E-state index in [-0.39, 0.29) is 428 Å². The van der Waals surface area contributed by atoms with Gasteiger partial charge in [-0.3, -0.25) is 0 Å². The second-order valence-corrected chi connectivity index (χ2v) is 2.07. The molecule has 0 rings (SSSR count). The molecule has 144 valence electrons. The SMILES string of the molecule is [CH-]=CC=[C-]C[C-]=CC=[CH-].[CH-]=CC=[CH-].[CH-]=CC=[CH-].[CH3-].[CH3-].[W].[Y+3].[Y+3].[Y].[Y].[Y].[Y].[Y].[Y].[Y].[Y].[Y].[Y]. The van der Waals surface area contributed by atoms with Gasteiger partial charge in [-0.2, -0.15) is 0 Å². The van der Waals surface area contributed by atoms with Crippen LogP contribution in [0.2, 0.25) is 0 Å². The third-order valence-electron chi connectivity index (χ3n) is 0.854. The smallest absolute Gasteiger partial charge is 0.394 e. The summed E-state index contributed by atoms with van der Waals surface area (Å²) in [6, 6.07) is 0. The third-order valence-corrected chi connectivity index (χ3v) is 0.854. The molecule has 0 aliphatic rings. The Morgan fingerprint density at radius 3 is 0.656 bits per heavy atom. The van der Waals surface area contributed by atoms with E-state index in [0.717, 1.165) is 0 Å². The molecule has 0 saturated heterocycles. The van der Waals surface area contributed by atoms with Crippen LogP contribution in [0.25, 0.3) is 0 Å². The summed E-state index contributed by atoms with van der Waals surface area (Å²) in [5.74, 6) is 0. The summed E-state index contributed by atoms with van der Waals surface area (Å²) in [7, 11) is 0. The molecule has 0 saturated carbocycles. The molecule has 0 fully saturated rings. The van der Waals surface area contributed by atoms with Crippen LogP contribution in [0.4, 0.5) is 0 Å². The first-order valence-corrected chi connectivity index (χ1v) is 4.62. The standard InChI is InChI=1S/C9H8.2C4H4.2CH3.W.12Y/c1-3-5-7-9-8-6-4-2;2*1-3-4-2;;;;;;;;;;;;;;;/h1-6H,9H2;2*1-4H;2*1H3;;;;;;;;;;;;;/q-4;2*-2;2*-1;;;;;;;;;;;;2*+3. The van der Waals surface area contributed by atoms with Crippen LogP contribution >= 0.6 is 0 Å². The summed E-state index contributed by atoms with van der Waals surface area (Å²) >= 11 is 0. The summed E-state index contributed by atoms with van der Waals surface area (Å²) in [6.07, 6.45) is 17.6. The average molecular weight is 1500 g/mol. The van der Waals surface area contributed by atoms with Crippen LogP contribution in [0.1, 0.15) is 6.42 Å². The maximum atomic E-state index is 5.03. The first-order valence-electron chi connectivity index (χ1n) is 4.62. The van der Waals surface area contributed by atoms with Gasteiger partial charge in [0, 0.05) is 348 Å². The first kappa shape index (κ1) is 120. The molecule has 0 aliphatic heterocycles. The van der Waals surface area contributed by atoms with E-state index < -0.39 is 0 Å². The van der Waals surface area contributed by atoms with Gasteiger partial charge in [-0.25, -0.2) is 6.42 Å². The summed E-state index contributed by atoms with van der Waals surface area (Å²) in [5.41, 5.74) is 0. The zero-order chi connectivity index (χ0) is 13.8. The Kier molecular flexibility index (Phi) is 541. The molecule has 0 spiro atoms. The van der Waals surface area contributed by atoms with Gasteiger partial charge in [0.05, 0.1) is 0 Å². The molecular formula is C19H22WY12-4. The van der Waals surface area contributed by atoms with Gasteiger partial charge in [-0.15, -0.1) is 0 Å². The van der Waals surface area contributed by atoms with Crippen molar-refractivity contribution >= 4 is 0 Å². The molecule has 0 aromatic carbocycles. The molecule has 0 atom stereocenters. The molecule has 0 bridgehead atoms. The van der Waals surface area contributed by atoms with Crippen LogP contribution in [0.15, 0.2) is 48.6 Å². The number of allylic oxidation sites excluding steroid dienone is 10. The monoisotopic (exact) mass is 1500 g/mol. The summed E-state index contributed by atoms with van der Waals surface area (Å²) in [4.78, 5) is 0. The molecule has 0 aromatic rings. The Morgan fingerprint density at radius 1 is 0.406 bits per heavy atom. The fourth-order valence-electron chi connectivity index (χ4n) is 0.313. The minimum Gasteiger partial charge on any atom is -0.394 e. The molecule has 0 amide bonds. The summed E-state index contributed by atoms with van der Waals surface area (Å²) < 4.78 is 0. The topological polar surface area (TPSA) is 0 Å². The van der Waals surface area contributed by atoms with Gasteiger partial charge in [-0.05, 0) is 0 Å². The normalized spacial score (nSPS) is 4.25. The van der Waals surface area contributed by atoms with Crippen LogP contribution in [0.5, 0.6) is 0 Å². The molecule has 0 aliphatic carbocycles. The van der Waals surface area contributed by atoms with Crippen molar-refractivity contribution in [2.45, 2.75) is 6.42 Å². The Balaban J connectivity index is -0.00000000492. The van der Waals surface area contributed by atoms with Crippen molar-refractivity contribution in [3.63, 3.8) is 0 Å². The zero-order valence-corrected chi connectivity index (χ0v) is 56.1. The molecular weight excluding hydrogens is 1480 g/mol. The van der Waals surface area contributed by atoms with Gasteiger partial charge < -0.3 is 115 Å². The van der Waals surface area contributed by atoms with Crippen molar-refractivity contribution in [1.82, 2.24) is 0 Å². The van der Waals surface area contributed by atoms with Crippen molar-refractivity contribution in [1.29, 1.82) is 0 Å². The van der Waals surface area contributed by atoms with Gasteiger partial charge in [0.1, 0.15) is 0 Å². The summed E-state index contributed by atoms with van der Waals surface area (Å²) in [5, 5.41) is 0. The van der Waals surface area contributed by atoms with E-state index in [1.165, 1.54) is 36.5 Å². The Hall–Kier alpha value is 11.9. The number of hydrogen-bond acceptors (Lipinski definition) is 0. The molecule has 10 radical (unpaired) electrons. The fourth-order valence-corrected chi connectivity index (χ4v) is 0.313. The Bertz CT molecular complexity index is 258. The van der Waals surface area contributed by atoms with Gasteiger partial charge in [0.25, 0.3) is 0 Å². The van der Waals surface area contributed by atoms with Gasteiger partial charge in [0.15, 0.2) is 0 Å². The minimum atomic E-state index is 0. The van der Waals surface area contributed by atoms with E-state index in [9.17, 15) is 0 Å². The van der Waals surface area contributed by atoms with Crippen molar-refractivity contribution < 1.29 is 414 Å². The van der Waals surface area contributed by atoms with Crippen LogP contribution in [-0.2, 0) is 414 Å². The van der Waals surface area contributed by atoms with Crippen molar-refractivity contribution in [2.75, 3.05) is 0 Å². The van der Waals surface area contributed by atoms with Gasteiger partial charge >= 0.3 is 65.4 Å². The van der Waals surface area contributed by atoms with E-state index in [0.29, 0.717) is 6.42 Å². The van der Waals surface area contributed by atoms with Crippen LogP contribution in [0.3, 0.4) is 0 Å². The van der Waals surface area contributed by atoms with Crippen molar-refractivity contribution in [3.8, 4) is 0 Å². The maximum Gasteiger partial charge on any atom is 3.00 e. The number of rotatable bonds is 6. The van der Waals surface area contributed by atoms with Crippen LogP contribution < -0.4 is 0 Å². The molecule has 13 heteroatoms. The molecule has 0 heterocycles. The second kappa shape index (κ2) is 144. The van der Waals surface area contributed by atoms with Crippen molar-refractivity contribution in [3.05, 3.63) is 115 Å². The van der Waals surface area contributed by atoms with Gasteiger partial charge in [-0.1, -0.05) is 0 Å². The molecule has 0 nitrogen and oxygen atoms in total. The summed E-state index contributed by atoms with van der Waals surface area (Å²) in [6.45, 7) is 28.9. The average Bonchev–Trinajstić information content (AvgIpc) is 2.39. The minimum absolute atomic E-state index is 0. The van der Waals surface area contributed by atoms with Crippen LogP contribution in [0, 0.1) is 66.5 Å². The second-order valence-electron chi connectivity index (χ2n) is 2.07. The van der Waals surface area contributed by atoms with Crippen LogP contribution in [-0.4, -0.2) is 0 Å². The largest absolute Gasteiger partial charge is 3.00 e. The molecule has 32 heavy (non-hydrogen) atoms. The third kappa shape index (κ3) is 177. The Morgan fingerprint density at radius 2 is 0.562 bits per heavy atom. The van der Waals surface area contributed by atoms with Gasteiger partial charge in [0.2, 0.25) is 0 Å². The van der Waals surface area contributed by atoms with E-state index in [1.54, 1.807) is 12.2 Å². The van der Waals surface area contributed by atoms with E-state index >= 15 is 0 Å². The predicted octanol–water partition coefficient (Wildman–Crippen LogP) is 4.87. The fraction of sp³-hybridized carbons (Fsp3) is 0.0526. The zero-order valence-electron chi connectivity index (χ0n) is 19.1. The van der Waals surface area contributed by atoms with E-state index in [2.05, 4.69) is 12.2 Å². The Labute approximate surface area is 519 Å². The maximum absolute atomic E-state index is 5.03. The predicted molar refractivity (Wildman–Crippen MR) is 86.3 cm³/mol. The molecule has 0 aromatic heterocycles. The van der Waals surface area contributed by atoms with E-state index in [1.807, 2.05) is 0 Å².